The SMILES string of the molecule is O=C(CCc1ccccc1)NCCOc1ccc(S(=O)(=O)N2CCOCC2)cc1. The monoisotopic (exact) mass is 418 g/mol. The van der Waals surface area contributed by atoms with E-state index in [2.05, 4.69) is 5.32 Å². The van der Waals surface area contributed by atoms with E-state index < -0.39 is 10.0 Å². The topological polar surface area (TPSA) is 84.9 Å². The Bertz CT molecular complexity index is 879. The largest absolute Gasteiger partial charge is 0.492 e. The number of nitrogens with zero attached hydrogens (tertiary/aromatic N) is 1. The highest BCUT2D eigenvalue weighted by Gasteiger charge is 2.26. The van der Waals surface area contributed by atoms with Crippen LogP contribution in [0.25, 0.3) is 0 Å². The molecule has 0 aliphatic carbocycles. The fourth-order valence-corrected chi connectivity index (χ4v) is 4.40. The lowest BCUT2D eigenvalue weighted by molar-refractivity contribution is -0.121. The number of nitrogens with one attached hydrogen (secondary N) is 1. The molecule has 3 rings (SSSR count). The predicted octanol–water partition coefficient (Wildman–Crippen LogP) is 1.84. The van der Waals surface area contributed by atoms with Crippen molar-refractivity contribution in [1.29, 1.82) is 0 Å². The molecule has 1 fully saturated rings. The van der Waals surface area contributed by atoms with Gasteiger partial charge in [0.1, 0.15) is 12.4 Å². The van der Waals surface area contributed by atoms with Crippen LogP contribution in [0.15, 0.2) is 59.5 Å². The number of hydrogen-bond acceptors (Lipinski definition) is 5. The summed E-state index contributed by atoms with van der Waals surface area (Å²) in [4.78, 5) is 12.1. The average Bonchev–Trinajstić information content (AvgIpc) is 2.77. The van der Waals surface area contributed by atoms with Crippen molar-refractivity contribution >= 4 is 15.9 Å². The van der Waals surface area contributed by atoms with Gasteiger partial charge in [0, 0.05) is 19.5 Å². The molecule has 0 atom stereocenters. The quantitative estimate of drug-likeness (QED) is 0.628. The number of aryl methyl sites for hydroxylation is 1. The molecule has 0 saturated carbocycles. The van der Waals surface area contributed by atoms with Gasteiger partial charge in [-0.1, -0.05) is 30.3 Å². The van der Waals surface area contributed by atoms with Crippen LogP contribution in [0, 0.1) is 0 Å². The molecule has 1 saturated heterocycles. The second-order valence-electron chi connectivity index (χ2n) is 6.67. The minimum Gasteiger partial charge on any atom is -0.492 e. The number of sulfonamides is 1. The van der Waals surface area contributed by atoms with Gasteiger partial charge < -0.3 is 14.8 Å². The fraction of sp³-hybridized carbons (Fsp3) is 0.381. The van der Waals surface area contributed by atoms with Crippen molar-refractivity contribution in [3.05, 3.63) is 60.2 Å². The summed E-state index contributed by atoms with van der Waals surface area (Å²) in [5.41, 5.74) is 1.13. The Morgan fingerprint density at radius 2 is 1.72 bits per heavy atom. The molecule has 156 valence electrons. The Morgan fingerprint density at radius 3 is 2.41 bits per heavy atom. The molecule has 1 N–H and O–H groups in total. The lowest BCUT2D eigenvalue weighted by Gasteiger charge is -2.26. The van der Waals surface area contributed by atoms with Gasteiger partial charge in [0.2, 0.25) is 15.9 Å². The molecule has 2 aromatic carbocycles. The first-order chi connectivity index (χ1) is 14.1. The molecular formula is C21H26N2O5S. The van der Waals surface area contributed by atoms with Crippen molar-refractivity contribution in [3.8, 4) is 5.75 Å². The molecule has 0 bridgehead atoms. The number of morpholine rings is 1. The normalized spacial score (nSPS) is 15.0. The van der Waals surface area contributed by atoms with Crippen molar-refractivity contribution in [2.24, 2.45) is 0 Å². The average molecular weight is 419 g/mol. The number of ether oxygens (including phenoxy) is 2. The van der Waals surface area contributed by atoms with Crippen LogP contribution in [0.1, 0.15) is 12.0 Å². The molecule has 0 aromatic heterocycles. The third-order valence-corrected chi connectivity index (χ3v) is 6.52. The number of benzene rings is 2. The zero-order valence-corrected chi connectivity index (χ0v) is 17.1. The molecule has 0 unspecified atom stereocenters. The van der Waals surface area contributed by atoms with E-state index in [9.17, 15) is 13.2 Å². The molecule has 1 aliphatic heterocycles. The third-order valence-electron chi connectivity index (χ3n) is 4.61. The summed E-state index contributed by atoms with van der Waals surface area (Å²) in [6.45, 7) is 2.26. The number of amides is 1. The lowest BCUT2D eigenvalue weighted by atomic mass is 10.1. The number of hydrogen-bond donors (Lipinski definition) is 1. The lowest BCUT2D eigenvalue weighted by Crippen LogP contribution is -2.40. The van der Waals surface area contributed by atoms with E-state index in [0.717, 1.165) is 5.56 Å². The van der Waals surface area contributed by atoms with Crippen LogP contribution in [0.2, 0.25) is 0 Å². The maximum absolute atomic E-state index is 12.6. The third kappa shape index (κ3) is 6.28. The summed E-state index contributed by atoms with van der Waals surface area (Å²) < 4.78 is 37.4. The smallest absolute Gasteiger partial charge is 0.243 e. The Balaban J connectivity index is 1.39. The van der Waals surface area contributed by atoms with Gasteiger partial charge in [0.05, 0.1) is 24.7 Å². The van der Waals surface area contributed by atoms with Crippen LogP contribution in [0.3, 0.4) is 0 Å². The van der Waals surface area contributed by atoms with Crippen LogP contribution < -0.4 is 10.1 Å². The van der Waals surface area contributed by atoms with Gasteiger partial charge in [-0.05, 0) is 36.2 Å². The van der Waals surface area contributed by atoms with Gasteiger partial charge in [-0.15, -0.1) is 0 Å². The molecule has 29 heavy (non-hydrogen) atoms. The summed E-state index contributed by atoms with van der Waals surface area (Å²) in [6, 6.07) is 16.2. The summed E-state index contributed by atoms with van der Waals surface area (Å²) in [5, 5.41) is 2.82. The minimum absolute atomic E-state index is 0.0237. The molecule has 2 aromatic rings. The fourth-order valence-electron chi connectivity index (χ4n) is 2.99. The summed E-state index contributed by atoms with van der Waals surface area (Å²) in [7, 11) is -3.50. The van der Waals surface area contributed by atoms with Crippen LogP contribution in [-0.2, 0) is 26.0 Å². The van der Waals surface area contributed by atoms with Gasteiger partial charge in [0.25, 0.3) is 0 Å². The van der Waals surface area contributed by atoms with Gasteiger partial charge in [0.15, 0.2) is 0 Å². The highest BCUT2D eigenvalue weighted by Crippen LogP contribution is 2.20. The van der Waals surface area contributed by atoms with E-state index in [-0.39, 0.29) is 10.8 Å². The van der Waals surface area contributed by atoms with Gasteiger partial charge in [-0.25, -0.2) is 8.42 Å². The Kier molecular flexibility index (Phi) is 7.62. The zero-order chi connectivity index (χ0) is 20.5. The number of carbonyl (C=O) groups excluding carboxylic acids is 1. The summed E-state index contributed by atoms with van der Waals surface area (Å²) >= 11 is 0. The zero-order valence-electron chi connectivity index (χ0n) is 16.2. The second-order valence-corrected chi connectivity index (χ2v) is 8.61. The number of carbonyl (C=O) groups is 1. The van der Waals surface area contributed by atoms with Gasteiger partial charge >= 0.3 is 0 Å². The highest BCUT2D eigenvalue weighted by molar-refractivity contribution is 7.89. The van der Waals surface area contributed by atoms with Crippen molar-refractivity contribution in [2.75, 3.05) is 39.5 Å². The second kappa shape index (κ2) is 10.4. The van der Waals surface area contributed by atoms with E-state index in [1.54, 1.807) is 24.3 Å². The summed E-state index contributed by atoms with van der Waals surface area (Å²) in [6.07, 6.45) is 1.13. The Labute approximate surface area is 171 Å². The number of rotatable bonds is 9. The first-order valence-electron chi connectivity index (χ1n) is 9.67. The maximum Gasteiger partial charge on any atom is 0.243 e. The van der Waals surface area contributed by atoms with E-state index >= 15 is 0 Å². The molecule has 0 spiro atoms. The van der Waals surface area contributed by atoms with Crippen molar-refractivity contribution in [3.63, 3.8) is 0 Å². The molecular weight excluding hydrogens is 392 g/mol. The van der Waals surface area contributed by atoms with Crippen LogP contribution >= 0.6 is 0 Å². The van der Waals surface area contributed by atoms with E-state index in [1.807, 2.05) is 30.3 Å². The van der Waals surface area contributed by atoms with Crippen molar-refractivity contribution in [2.45, 2.75) is 17.7 Å². The molecule has 0 radical (unpaired) electrons. The molecule has 1 aliphatic rings. The molecule has 1 amide bonds. The van der Waals surface area contributed by atoms with E-state index in [4.69, 9.17) is 9.47 Å². The van der Waals surface area contributed by atoms with Gasteiger partial charge in [-0.3, -0.25) is 4.79 Å². The van der Waals surface area contributed by atoms with Crippen LogP contribution in [0.5, 0.6) is 5.75 Å². The van der Waals surface area contributed by atoms with Crippen molar-refractivity contribution < 1.29 is 22.7 Å². The molecule has 7 nitrogen and oxygen atoms in total. The summed E-state index contributed by atoms with van der Waals surface area (Å²) in [5.74, 6) is 0.536. The maximum atomic E-state index is 12.6. The first kappa shape index (κ1) is 21.3. The van der Waals surface area contributed by atoms with Gasteiger partial charge in [-0.2, -0.15) is 4.31 Å². The highest BCUT2D eigenvalue weighted by atomic mass is 32.2. The van der Waals surface area contributed by atoms with Crippen LogP contribution in [-0.4, -0.2) is 58.1 Å². The first-order valence-corrected chi connectivity index (χ1v) is 11.1. The minimum atomic E-state index is -3.50. The van der Waals surface area contributed by atoms with E-state index in [0.29, 0.717) is 58.0 Å². The molecule has 1 heterocycles. The van der Waals surface area contributed by atoms with Crippen LogP contribution in [0.4, 0.5) is 0 Å². The Hall–Kier alpha value is -2.42. The van der Waals surface area contributed by atoms with Crippen molar-refractivity contribution in [1.82, 2.24) is 9.62 Å². The molecule has 8 heteroatoms. The Morgan fingerprint density at radius 1 is 1.03 bits per heavy atom. The predicted molar refractivity (Wildman–Crippen MR) is 109 cm³/mol. The van der Waals surface area contributed by atoms with E-state index in [1.165, 1.54) is 4.31 Å². The standard InChI is InChI=1S/C21H26N2O5S/c24-21(11-6-18-4-2-1-3-5-18)22-12-15-28-19-7-9-20(10-8-19)29(25,26)23-13-16-27-17-14-23/h1-5,7-10H,6,11-17H2,(H,22,24).